The van der Waals surface area contributed by atoms with Crippen molar-refractivity contribution in [2.75, 3.05) is 5.73 Å². The van der Waals surface area contributed by atoms with E-state index in [1.165, 1.54) is 24.0 Å². The molecule has 4 N–H and O–H groups in total. The summed E-state index contributed by atoms with van der Waals surface area (Å²) in [7, 11) is 0. The van der Waals surface area contributed by atoms with Gasteiger partial charge in [0.25, 0.3) is 0 Å². The van der Waals surface area contributed by atoms with E-state index in [0.717, 1.165) is 5.69 Å². The second kappa shape index (κ2) is 3.04. The van der Waals surface area contributed by atoms with Gasteiger partial charge in [-0.25, -0.2) is 0 Å². The van der Waals surface area contributed by atoms with Gasteiger partial charge in [0.15, 0.2) is 0 Å². The molecule has 0 unspecified atom stereocenters. The summed E-state index contributed by atoms with van der Waals surface area (Å²) in [4.78, 5) is 0. The minimum atomic E-state index is 0.198. The van der Waals surface area contributed by atoms with E-state index in [1.54, 1.807) is 0 Å². The number of hydrogen-bond acceptors (Lipinski definition) is 2. The number of hydrogen-bond donors (Lipinski definition) is 2. The Hall–Kier alpha value is -1.02. The van der Waals surface area contributed by atoms with Crippen molar-refractivity contribution in [2.24, 2.45) is 11.7 Å². The summed E-state index contributed by atoms with van der Waals surface area (Å²) in [5, 5.41) is 0. The Morgan fingerprint density at radius 2 is 2.08 bits per heavy atom. The van der Waals surface area contributed by atoms with E-state index in [-0.39, 0.29) is 6.04 Å². The summed E-state index contributed by atoms with van der Waals surface area (Å²) in [6, 6.07) is 6.19. The van der Waals surface area contributed by atoms with Gasteiger partial charge in [-0.2, -0.15) is 0 Å². The Morgan fingerprint density at radius 1 is 1.38 bits per heavy atom. The molecule has 0 aliphatic heterocycles. The topological polar surface area (TPSA) is 52.0 Å². The zero-order valence-electron chi connectivity index (χ0n) is 7.96. The van der Waals surface area contributed by atoms with E-state index >= 15 is 0 Å². The summed E-state index contributed by atoms with van der Waals surface area (Å²) in [5.41, 5.74) is 15.1. The number of rotatable bonds is 2. The van der Waals surface area contributed by atoms with Gasteiger partial charge in [-0.15, -0.1) is 0 Å². The summed E-state index contributed by atoms with van der Waals surface area (Å²) >= 11 is 0. The van der Waals surface area contributed by atoms with Crippen LogP contribution in [0.1, 0.15) is 30.0 Å². The summed E-state index contributed by atoms with van der Waals surface area (Å²) in [6.45, 7) is 2.09. The molecule has 1 aromatic carbocycles. The van der Waals surface area contributed by atoms with Gasteiger partial charge in [0.05, 0.1) is 0 Å². The SMILES string of the molecule is Cc1ccc(N)cc1[C@H](N)C1CC1. The van der Waals surface area contributed by atoms with Gasteiger partial charge in [-0.05, 0) is 48.9 Å². The molecular formula is C11H16N2. The third-order valence-corrected chi connectivity index (χ3v) is 2.79. The van der Waals surface area contributed by atoms with Gasteiger partial charge < -0.3 is 11.5 Å². The largest absolute Gasteiger partial charge is 0.399 e. The zero-order valence-corrected chi connectivity index (χ0v) is 7.96. The number of nitrogen functional groups attached to an aromatic ring is 1. The molecule has 1 fully saturated rings. The van der Waals surface area contributed by atoms with Crippen LogP contribution >= 0.6 is 0 Å². The minimum Gasteiger partial charge on any atom is -0.399 e. The molecule has 1 aromatic rings. The fourth-order valence-corrected chi connectivity index (χ4v) is 1.73. The lowest BCUT2D eigenvalue weighted by Gasteiger charge is -2.14. The molecule has 0 heterocycles. The highest BCUT2D eigenvalue weighted by atomic mass is 14.7. The molecule has 13 heavy (non-hydrogen) atoms. The van der Waals surface area contributed by atoms with Crippen molar-refractivity contribution in [3.8, 4) is 0 Å². The maximum Gasteiger partial charge on any atom is 0.0326 e. The minimum absolute atomic E-state index is 0.198. The first kappa shape index (κ1) is 8.57. The van der Waals surface area contributed by atoms with E-state index < -0.39 is 0 Å². The molecule has 1 aliphatic rings. The summed E-state index contributed by atoms with van der Waals surface area (Å²) in [6.07, 6.45) is 2.55. The molecule has 1 atom stereocenters. The van der Waals surface area contributed by atoms with Crippen LogP contribution < -0.4 is 11.5 Å². The number of nitrogens with two attached hydrogens (primary N) is 2. The molecule has 0 spiro atoms. The average molecular weight is 176 g/mol. The Labute approximate surface area is 78.9 Å². The lowest BCUT2D eigenvalue weighted by atomic mass is 9.98. The van der Waals surface area contributed by atoms with Crippen LogP contribution in [-0.2, 0) is 0 Å². The van der Waals surface area contributed by atoms with E-state index in [2.05, 4.69) is 6.92 Å². The van der Waals surface area contributed by atoms with Crippen molar-refractivity contribution in [3.63, 3.8) is 0 Å². The first-order valence-electron chi connectivity index (χ1n) is 4.80. The van der Waals surface area contributed by atoms with Crippen LogP contribution in [0.15, 0.2) is 18.2 Å². The highest BCUT2D eigenvalue weighted by Gasteiger charge is 2.30. The molecule has 0 bridgehead atoms. The van der Waals surface area contributed by atoms with Gasteiger partial charge in [0, 0.05) is 11.7 Å². The average Bonchev–Trinajstić information content (AvgIpc) is 2.91. The standard InChI is InChI=1S/C11H16N2/c1-7-2-5-9(12)6-10(7)11(13)8-3-4-8/h2,5-6,8,11H,3-4,12-13H2,1H3/t11-/m1/s1. The smallest absolute Gasteiger partial charge is 0.0326 e. The summed E-state index contributed by atoms with van der Waals surface area (Å²) < 4.78 is 0. The Bertz CT molecular complexity index is 316. The normalized spacial score (nSPS) is 18.6. The predicted molar refractivity (Wildman–Crippen MR) is 55.2 cm³/mol. The van der Waals surface area contributed by atoms with E-state index in [1.807, 2.05) is 18.2 Å². The third-order valence-electron chi connectivity index (χ3n) is 2.79. The predicted octanol–water partition coefficient (Wildman–Crippen LogP) is 1.99. The van der Waals surface area contributed by atoms with Crippen LogP contribution in [0.4, 0.5) is 5.69 Å². The van der Waals surface area contributed by atoms with E-state index in [9.17, 15) is 0 Å². The van der Waals surface area contributed by atoms with Gasteiger partial charge in [0.2, 0.25) is 0 Å². The number of anilines is 1. The maximum absolute atomic E-state index is 6.11. The first-order chi connectivity index (χ1) is 6.18. The lowest BCUT2D eigenvalue weighted by Crippen LogP contribution is -2.14. The molecular weight excluding hydrogens is 160 g/mol. The molecule has 2 rings (SSSR count). The molecule has 1 saturated carbocycles. The van der Waals surface area contributed by atoms with E-state index in [0.29, 0.717) is 5.92 Å². The first-order valence-corrected chi connectivity index (χ1v) is 4.80. The monoisotopic (exact) mass is 176 g/mol. The van der Waals surface area contributed by atoms with Gasteiger partial charge in [-0.3, -0.25) is 0 Å². The Balaban J connectivity index is 2.31. The molecule has 0 radical (unpaired) electrons. The molecule has 1 aliphatic carbocycles. The molecule has 0 amide bonds. The van der Waals surface area contributed by atoms with Crippen LogP contribution in [0, 0.1) is 12.8 Å². The zero-order chi connectivity index (χ0) is 9.42. The van der Waals surface area contributed by atoms with Crippen molar-refractivity contribution in [2.45, 2.75) is 25.8 Å². The molecule has 0 saturated heterocycles. The fraction of sp³-hybridized carbons (Fsp3) is 0.455. The van der Waals surface area contributed by atoms with Crippen molar-refractivity contribution in [1.29, 1.82) is 0 Å². The number of aryl methyl sites for hydroxylation is 1. The molecule has 70 valence electrons. The lowest BCUT2D eigenvalue weighted by molar-refractivity contribution is 0.630. The Kier molecular flexibility index (Phi) is 2.00. The highest BCUT2D eigenvalue weighted by Crippen LogP contribution is 2.40. The second-order valence-corrected chi connectivity index (χ2v) is 3.98. The fourth-order valence-electron chi connectivity index (χ4n) is 1.73. The van der Waals surface area contributed by atoms with Crippen molar-refractivity contribution in [1.82, 2.24) is 0 Å². The van der Waals surface area contributed by atoms with Crippen LogP contribution in [0.25, 0.3) is 0 Å². The van der Waals surface area contributed by atoms with Crippen molar-refractivity contribution in [3.05, 3.63) is 29.3 Å². The molecule has 2 heteroatoms. The quantitative estimate of drug-likeness (QED) is 0.677. The molecule has 2 nitrogen and oxygen atoms in total. The van der Waals surface area contributed by atoms with Gasteiger partial charge in [-0.1, -0.05) is 6.07 Å². The van der Waals surface area contributed by atoms with Gasteiger partial charge >= 0.3 is 0 Å². The second-order valence-electron chi connectivity index (χ2n) is 3.98. The van der Waals surface area contributed by atoms with Crippen molar-refractivity contribution < 1.29 is 0 Å². The van der Waals surface area contributed by atoms with Crippen molar-refractivity contribution >= 4 is 5.69 Å². The van der Waals surface area contributed by atoms with Crippen LogP contribution in [0.2, 0.25) is 0 Å². The van der Waals surface area contributed by atoms with Crippen LogP contribution in [0.3, 0.4) is 0 Å². The summed E-state index contributed by atoms with van der Waals surface area (Å²) in [5.74, 6) is 0.695. The number of benzene rings is 1. The van der Waals surface area contributed by atoms with E-state index in [4.69, 9.17) is 11.5 Å². The van der Waals surface area contributed by atoms with Crippen LogP contribution in [0.5, 0.6) is 0 Å². The highest BCUT2D eigenvalue weighted by molar-refractivity contribution is 5.45. The van der Waals surface area contributed by atoms with Crippen LogP contribution in [-0.4, -0.2) is 0 Å². The molecule has 0 aromatic heterocycles. The van der Waals surface area contributed by atoms with Gasteiger partial charge in [0.1, 0.15) is 0 Å². The Morgan fingerprint density at radius 3 is 2.69 bits per heavy atom. The third kappa shape index (κ3) is 1.68. The maximum atomic E-state index is 6.11.